The molecule has 0 radical (unpaired) electrons. The highest BCUT2D eigenvalue weighted by Gasteiger charge is 2.54. The lowest BCUT2D eigenvalue weighted by Gasteiger charge is -2.52. The van der Waals surface area contributed by atoms with Gasteiger partial charge in [0, 0.05) is 13.0 Å². The van der Waals surface area contributed by atoms with Crippen LogP contribution in [-0.4, -0.2) is 84.7 Å². The molecule has 0 unspecified atom stereocenters. The van der Waals surface area contributed by atoms with Gasteiger partial charge in [-0.05, 0) is 36.0 Å². The summed E-state index contributed by atoms with van der Waals surface area (Å²) in [6.07, 6.45) is -1.48. The molecular weight excluding hydrogens is 620 g/mol. The van der Waals surface area contributed by atoms with Crippen molar-refractivity contribution in [2.75, 3.05) is 13.2 Å². The average Bonchev–Trinajstić information content (AvgIpc) is 3.11. The highest BCUT2D eigenvalue weighted by Crippen LogP contribution is 2.40. The first kappa shape index (κ1) is 33.1. The van der Waals surface area contributed by atoms with Crippen molar-refractivity contribution in [2.24, 2.45) is 0 Å². The Balaban J connectivity index is 1.12. The predicted octanol–water partition coefficient (Wildman–Crippen LogP) is 5.60. The van der Waals surface area contributed by atoms with E-state index < -0.39 is 30.5 Å². The minimum atomic E-state index is -0.725. The quantitative estimate of drug-likeness (QED) is 0.265. The summed E-state index contributed by atoms with van der Waals surface area (Å²) >= 11 is 6.68. The van der Waals surface area contributed by atoms with E-state index in [2.05, 4.69) is 36.4 Å². The fraction of sp³-hybridized carbons (Fsp3) is 0.526. The molecule has 4 fully saturated rings. The lowest BCUT2D eigenvalue weighted by Crippen LogP contribution is -2.65. The third-order valence-corrected chi connectivity index (χ3v) is 10.2. The Morgan fingerprint density at radius 2 is 1.19 bits per heavy atom. The van der Waals surface area contributed by atoms with Crippen LogP contribution in [-0.2, 0) is 53.0 Å². The largest absolute Gasteiger partial charge is 0.390 e. The molecule has 0 aliphatic carbocycles. The lowest BCUT2D eigenvalue weighted by molar-refractivity contribution is -0.311. The molecule has 1 N–H and O–H groups in total. The molecule has 3 aromatic carbocycles. The molecule has 4 heterocycles. The summed E-state index contributed by atoms with van der Waals surface area (Å²) in [6.45, 7) is 2.18. The van der Waals surface area contributed by atoms with Crippen LogP contribution in [0.1, 0.15) is 42.4 Å². The van der Waals surface area contributed by atoms with Crippen LogP contribution in [0.15, 0.2) is 91.0 Å². The van der Waals surface area contributed by atoms with Crippen LogP contribution in [0.4, 0.5) is 0 Å². The van der Waals surface area contributed by atoms with Gasteiger partial charge in [0.2, 0.25) is 0 Å². The Morgan fingerprint density at radius 1 is 0.617 bits per heavy atom. The van der Waals surface area contributed by atoms with Gasteiger partial charge in [0.15, 0.2) is 0 Å². The average molecular weight is 665 g/mol. The van der Waals surface area contributed by atoms with E-state index in [1.807, 2.05) is 54.6 Å². The molecule has 0 amide bonds. The van der Waals surface area contributed by atoms with E-state index in [1.165, 1.54) is 0 Å². The summed E-state index contributed by atoms with van der Waals surface area (Å²) in [7, 11) is 0. The maximum absolute atomic E-state index is 11.2. The number of halogens is 1. The number of fused-ring (bicyclic) bond motifs is 2. The fourth-order valence-electron chi connectivity index (χ4n) is 7.33. The van der Waals surface area contributed by atoms with E-state index in [9.17, 15) is 5.11 Å². The zero-order valence-electron chi connectivity index (χ0n) is 26.6. The monoisotopic (exact) mass is 664 g/mol. The Kier molecular flexibility index (Phi) is 11.2. The van der Waals surface area contributed by atoms with Crippen LogP contribution in [0.3, 0.4) is 0 Å². The molecule has 9 heteroatoms. The molecular formula is C38H45ClO8. The Labute approximate surface area is 282 Å². The van der Waals surface area contributed by atoms with Gasteiger partial charge in [0.25, 0.3) is 0 Å². The molecule has 11 atom stereocenters. The van der Waals surface area contributed by atoms with Crippen LogP contribution < -0.4 is 0 Å². The SMILES string of the molecule is O[C@H]1C[C@H]2OCC[C@H](Cl)[C@@H]2O[C@@H]1[C@H]1CC[C@@H]2O[C@H](COCc3ccccc3)[C@H](OCc3ccccc3)[C@H](OCc3ccccc3)[C@H]2O1. The zero-order valence-corrected chi connectivity index (χ0v) is 27.3. The maximum atomic E-state index is 11.2. The van der Waals surface area contributed by atoms with Crippen molar-refractivity contribution in [1.29, 1.82) is 0 Å². The van der Waals surface area contributed by atoms with Gasteiger partial charge < -0.3 is 38.3 Å². The maximum Gasteiger partial charge on any atom is 0.115 e. The van der Waals surface area contributed by atoms with Crippen LogP contribution in [0, 0.1) is 0 Å². The normalized spacial score (nSPS) is 35.5. The van der Waals surface area contributed by atoms with Crippen molar-refractivity contribution in [2.45, 2.75) is 112 Å². The smallest absolute Gasteiger partial charge is 0.115 e. The summed E-state index contributed by atoms with van der Waals surface area (Å²) in [6, 6.07) is 30.4. The van der Waals surface area contributed by atoms with E-state index in [1.54, 1.807) is 0 Å². The second-order valence-corrected chi connectivity index (χ2v) is 13.6. The number of rotatable bonds is 11. The van der Waals surface area contributed by atoms with E-state index in [0.29, 0.717) is 45.9 Å². The van der Waals surface area contributed by atoms with Gasteiger partial charge in [-0.2, -0.15) is 0 Å². The fourth-order valence-corrected chi connectivity index (χ4v) is 7.64. The first-order chi connectivity index (χ1) is 23.1. The van der Waals surface area contributed by atoms with Gasteiger partial charge in [-0.3, -0.25) is 0 Å². The molecule has 47 heavy (non-hydrogen) atoms. The number of ether oxygens (including phenoxy) is 7. The van der Waals surface area contributed by atoms with E-state index >= 15 is 0 Å². The Hall–Kier alpha value is -2.37. The van der Waals surface area contributed by atoms with Crippen LogP contribution in [0.2, 0.25) is 0 Å². The number of benzene rings is 3. The first-order valence-electron chi connectivity index (χ1n) is 16.9. The van der Waals surface area contributed by atoms with Crippen molar-refractivity contribution < 1.29 is 38.3 Å². The molecule has 8 nitrogen and oxygen atoms in total. The van der Waals surface area contributed by atoms with E-state index in [0.717, 1.165) is 29.5 Å². The molecule has 0 saturated carbocycles. The van der Waals surface area contributed by atoms with Gasteiger partial charge in [-0.15, -0.1) is 11.6 Å². The highest BCUT2D eigenvalue weighted by atomic mass is 35.5. The minimum Gasteiger partial charge on any atom is -0.390 e. The molecule has 0 aromatic heterocycles. The highest BCUT2D eigenvalue weighted by molar-refractivity contribution is 6.21. The number of aliphatic hydroxyl groups excluding tert-OH is 1. The second-order valence-electron chi connectivity index (χ2n) is 13.0. The zero-order chi connectivity index (χ0) is 32.0. The van der Waals surface area contributed by atoms with Gasteiger partial charge >= 0.3 is 0 Å². The Bertz CT molecular complexity index is 1370. The number of hydrogen-bond acceptors (Lipinski definition) is 8. The number of aliphatic hydroxyl groups is 1. The summed E-state index contributed by atoms with van der Waals surface area (Å²) < 4.78 is 45.8. The predicted molar refractivity (Wildman–Crippen MR) is 176 cm³/mol. The first-order valence-corrected chi connectivity index (χ1v) is 17.4. The number of hydrogen-bond donors (Lipinski definition) is 1. The van der Waals surface area contributed by atoms with Gasteiger partial charge in [0.05, 0.1) is 56.2 Å². The van der Waals surface area contributed by atoms with Crippen LogP contribution >= 0.6 is 11.6 Å². The minimum absolute atomic E-state index is 0.160. The lowest BCUT2D eigenvalue weighted by atomic mass is 9.85. The topological polar surface area (TPSA) is 84.8 Å². The van der Waals surface area contributed by atoms with Crippen molar-refractivity contribution in [1.82, 2.24) is 0 Å². The molecule has 0 spiro atoms. The third kappa shape index (κ3) is 8.10. The van der Waals surface area contributed by atoms with Gasteiger partial charge in [0.1, 0.15) is 36.6 Å². The molecule has 4 aliphatic heterocycles. The van der Waals surface area contributed by atoms with Crippen molar-refractivity contribution in [3.63, 3.8) is 0 Å². The molecule has 7 rings (SSSR count). The summed E-state index contributed by atoms with van der Waals surface area (Å²) in [4.78, 5) is 0. The van der Waals surface area contributed by atoms with Gasteiger partial charge in [-0.25, -0.2) is 0 Å². The standard InChI is InChI=1S/C38H45ClO8/c39-28-18-19-42-32-20-29(40)35(47-34(28)32)30-16-17-31-37(46-30)38(44-23-27-14-8-3-9-15-27)36(43-22-26-12-6-2-7-13-26)33(45-31)24-41-21-25-10-4-1-5-11-25/h1-15,28-38,40H,16-24H2/t28-,29-,30+,31-,32+,33+,34-,35-,36-,37-,38-/m0/s1. The van der Waals surface area contributed by atoms with Gasteiger partial charge in [-0.1, -0.05) is 91.0 Å². The third-order valence-electron chi connectivity index (χ3n) is 9.74. The van der Waals surface area contributed by atoms with Crippen molar-refractivity contribution in [3.8, 4) is 0 Å². The van der Waals surface area contributed by atoms with Crippen LogP contribution in [0.5, 0.6) is 0 Å². The summed E-state index contributed by atoms with van der Waals surface area (Å²) in [5, 5.41) is 11.1. The Morgan fingerprint density at radius 3 is 1.83 bits per heavy atom. The summed E-state index contributed by atoms with van der Waals surface area (Å²) in [5.74, 6) is 0. The molecule has 0 bridgehead atoms. The molecule has 4 saturated heterocycles. The van der Waals surface area contributed by atoms with Crippen molar-refractivity contribution >= 4 is 11.6 Å². The summed E-state index contributed by atoms with van der Waals surface area (Å²) in [5.41, 5.74) is 3.21. The van der Waals surface area contributed by atoms with E-state index in [4.69, 9.17) is 44.8 Å². The van der Waals surface area contributed by atoms with E-state index in [-0.39, 0.29) is 35.9 Å². The molecule has 252 valence electrons. The molecule has 3 aromatic rings. The second kappa shape index (κ2) is 15.9. The van der Waals surface area contributed by atoms with Crippen molar-refractivity contribution in [3.05, 3.63) is 108 Å². The van der Waals surface area contributed by atoms with Crippen LogP contribution in [0.25, 0.3) is 0 Å². The molecule has 4 aliphatic rings. The number of alkyl halides is 1.